The van der Waals surface area contributed by atoms with Gasteiger partial charge < -0.3 is 9.72 Å². The van der Waals surface area contributed by atoms with Crippen LogP contribution in [0.4, 0.5) is 0 Å². The van der Waals surface area contributed by atoms with Gasteiger partial charge in [0.05, 0.1) is 12.2 Å². The normalized spacial score (nSPS) is 15.3. The molecule has 0 unspecified atom stereocenters. The van der Waals surface area contributed by atoms with Crippen molar-refractivity contribution in [2.45, 2.75) is 6.42 Å². The molecule has 0 radical (unpaired) electrons. The first kappa shape index (κ1) is 7.62. The highest BCUT2D eigenvalue weighted by Crippen LogP contribution is 2.31. The van der Waals surface area contributed by atoms with Gasteiger partial charge in [0.25, 0.3) is 0 Å². The van der Waals surface area contributed by atoms with E-state index < -0.39 is 0 Å². The fourth-order valence-corrected chi connectivity index (χ4v) is 1.90. The molecular formula is C11H9NO2. The highest BCUT2D eigenvalue weighted by atomic mass is 16.5. The Balaban J connectivity index is 2.41. The molecule has 1 aliphatic heterocycles. The van der Waals surface area contributed by atoms with Gasteiger partial charge in [-0.2, -0.15) is 0 Å². The molecular weight excluding hydrogens is 178 g/mol. The summed E-state index contributed by atoms with van der Waals surface area (Å²) in [5, 5.41) is 0.965. The zero-order valence-electron chi connectivity index (χ0n) is 7.54. The molecule has 0 aliphatic carbocycles. The number of nitrogens with one attached hydrogen (secondary N) is 1. The van der Waals surface area contributed by atoms with Crippen LogP contribution in [0.1, 0.15) is 16.8 Å². The maximum atomic E-state index is 11.7. The maximum Gasteiger partial charge on any atom is 0.170 e. The Bertz CT molecular complexity index is 513. The van der Waals surface area contributed by atoms with Crippen molar-refractivity contribution < 1.29 is 9.53 Å². The Morgan fingerprint density at radius 3 is 3.14 bits per heavy atom. The second-order valence-electron chi connectivity index (χ2n) is 3.40. The molecule has 1 N–H and O–H groups in total. The summed E-state index contributed by atoms with van der Waals surface area (Å²) in [5.41, 5.74) is 1.72. The van der Waals surface area contributed by atoms with Crippen molar-refractivity contribution in [1.29, 1.82) is 0 Å². The van der Waals surface area contributed by atoms with E-state index in [0.29, 0.717) is 18.8 Å². The summed E-state index contributed by atoms with van der Waals surface area (Å²) in [6.07, 6.45) is 2.32. The Kier molecular flexibility index (Phi) is 1.42. The third kappa shape index (κ3) is 0.894. The summed E-state index contributed by atoms with van der Waals surface area (Å²) < 4.78 is 5.44. The second-order valence-corrected chi connectivity index (χ2v) is 3.40. The van der Waals surface area contributed by atoms with E-state index in [1.54, 1.807) is 0 Å². The Morgan fingerprint density at radius 2 is 2.21 bits per heavy atom. The summed E-state index contributed by atoms with van der Waals surface area (Å²) in [6.45, 7) is 0.502. The van der Waals surface area contributed by atoms with E-state index in [1.807, 2.05) is 24.4 Å². The fraction of sp³-hybridized carbons (Fsp3) is 0.182. The minimum absolute atomic E-state index is 0.177. The van der Waals surface area contributed by atoms with Crippen molar-refractivity contribution in [3.8, 4) is 5.75 Å². The van der Waals surface area contributed by atoms with Gasteiger partial charge in [0.15, 0.2) is 5.78 Å². The molecule has 2 heterocycles. The number of hydrogen-bond acceptors (Lipinski definition) is 2. The van der Waals surface area contributed by atoms with Gasteiger partial charge in [0.1, 0.15) is 5.75 Å². The number of fused-ring (bicyclic) bond motifs is 3. The Hall–Kier alpha value is -1.77. The average molecular weight is 187 g/mol. The first-order valence-corrected chi connectivity index (χ1v) is 4.62. The van der Waals surface area contributed by atoms with Crippen LogP contribution in [0.5, 0.6) is 5.75 Å². The Morgan fingerprint density at radius 1 is 1.29 bits per heavy atom. The lowest BCUT2D eigenvalue weighted by atomic mass is 10.0. The van der Waals surface area contributed by atoms with Gasteiger partial charge in [0, 0.05) is 23.5 Å². The first-order valence-electron chi connectivity index (χ1n) is 4.62. The molecule has 0 fully saturated rings. The number of H-pyrrole nitrogens is 1. The average Bonchev–Trinajstić information content (AvgIpc) is 2.65. The zero-order valence-corrected chi connectivity index (χ0v) is 7.54. The van der Waals surface area contributed by atoms with E-state index in [9.17, 15) is 4.79 Å². The van der Waals surface area contributed by atoms with E-state index in [2.05, 4.69) is 4.98 Å². The highest BCUT2D eigenvalue weighted by Gasteiger charge is 2.21. The van der Waals surface area contributed by atoms with E-state index in [-0.39, 0.29) is 5.78 Å². The number of ether oxygens (including phenoxy) is 1. The number of aromatic nitrogens is 1. The van der Waals surface area contributed by atoms with E-state index >= 15 is 0 Å². The van der Waals surface area contributed by atoms with Crippen LogP contribution in [0.15, 0.2) is 24.4 Å². The van der Waals surface area contributed by atoms with Crippen LogP contribution in [0.3, 0.4) is 0 Å². The van der Waals surface area contributed by atoms with Gasteiger partial charge in [-0.1, -0.05) is 0 Å². The zero-order chi connectivity index (χ0) is 9.54. The SMILES string of the molecule is O=C1CCOc2ccc3[nH]ccc3c21. The van der Waals surface area contributed by atoms with Gasteiger partial charge in [-0.05, 0) is 18.2 Å². The number of ketones is 1. The molecule has 0 saturated carbocycles. The molecule has 14 heavy (non-hydrogen) atoms. The summed E-state index contributed by atoms with van der Waals surface area (Å²) in [6, 6.07) is 5.71. The van der Waals surface area contributed by atoms with Crippen LogP contribution in [-0.4, -0.2) is 17.4 Å². The minimum Gasteiger partial charge on any atom is -0.492 e. The number of carbonyl (C=O) groups excluding carboxylic acids is 1. The van der Waals surface area contributed by atoms with Crippen molar-refractivity contribution in [3.63, 3.8) is 0 Å². The highest BCUT2D eigenvalue weighted by molar-refractivity contribution is 6.10. The van der Waals surface area contributed by atoms with Crippen LogP contribution in [0.2, 0.25) is 0 Å². The molecule has 70 valence electrons. The molecule has 0 spiro atoms. The number of Topliss-reactive ketones (excluding diaryl/α,β-unsaturated/α-hetero) is 1. The molecule has 0 saturated heterocycles. The van der Waals surface area contributed by atoms with E-state index in [1.165, 1.54) is 0 Å². The van der Waals surface area contributed by atoms with Gasteiger partial charge in [-0.3, -0.25) is 4.79 Å². The van der Waals surface area contributed by atoms with E-state index in [0.717, 1.165) is 16.5 Å². The van der Waals surface area contributed by atoms with Gasteiger partial charge >= 0.3 is 0 Å². The van der Waals surface area contributed by atoms with Gasteiger partial charge in [-0.25, -0.2) is 0 Å². The molecule has 1 aliphatic rings. The molecule has 3 heteroatoms. The van der Waals surface area contributed by atoms with Crippen molar-refractivity contribution in [3.05, 3.63) is 30.0 Å². The van der Waals surface area contributed by atoms with Gasteiger partial charge in [-0.15, -0.1) is 0 Å². The smallest absolute Gasteiger partial charge is 0.170 e. The lowest BCUT2D eigenvalue weighted by Gasteiger charge is -2.16. The van der Waals surface area contributed by atoms with Crippen LogP contribution in [0.25, 0.3) is 10.9 Å². The van der Waals surface area contributed by atoms with Crippen molar-refractivity contribution in [2.75, 3.05) is 6.61 Å². The Labute approximate surface area is 80.7 Å². The van der Waals surface area contributed by atoms with Crippen LogP contribution < -0.4 is 4.74 Å². The monoisotopic (exact) mass is 187 g/mol. The summed E-state index contributed by atoms with van der Waals surface area (Å²) in [4.78, 5) is 14.8. The number of rotatable bonds is 0. The third-order valence-corrected chi connectivity index (χ3v) is 2.56. The van der Waals surface area contributed by atoms with E-state index in [4.69, 9.17) is 4.74 Å². The molecule has 0 amide bonds. The molecule has 0 bridgehead atoms. The standard InChI is InChI=1S/C11H9NO2/c13-9-4-6-14-10-2-1-8-7(11(9)10)3-5-12-8/h1-3,5,12H,4,6H2. The van der Waals surface area contributed by atoms with Crippen molar-refractivity contribution in [2.24, 2.45) is 0 Å². The van der Waals surface area contributed by atoms with Crippen LogP contribution in [-0.2, 0) is 0 Å². The summed E-state index contributed by atoms with van der Waals surface area (Å²) in [7, 11) is 0. The number of carbonyl (C=O) groups is 1. The molecule has 2 aromatic rings. The molecule has 3 nitrogen and oxygen atoms in total. The lowest BCUT2D eigenvalue weighted by Crippen LogP contribution is -2.15. The molecule has 1 aromatic heterocycles. The quantitative estimate of drug-likeness (QED) is 0.686. The molecule has 1 aromatic carbocycles. The van der Waals surface area contributed by atoms with Crippen LogP contribution in [0, 0.1) is 0 Å². The number of hydrogen-bond donors (Lipinski definition) is 1. The lowest BCUT2D eigenvalue weighted by molar-refractivity contribution is 0.0936. The van der Waals surface area contributed by atoms with Crippen molar-refractivity contribution >= 4 is 16.7 Å². The summed E-state index contributed by atoms with van der Waals surface area (Å²) in [5.74, 6) is 0.893. The first-order chi connectivity index (χ1) is 6.86. The van der Waals surface area contributed by atoms with Gasteiger partial charge in [0.2, 0.25) is 0 Å². The summed E-state index contributed by atoms with van der Waals surface area (Å²) >= 11 is 0. The number of benzene rings is 1. The fourth-order valence-electron chi connectivity index (χ4n) is 1.90. The largest absolute Gasteiger partial charge is 0.492 e. The number of aromatic amines is 1. The third-order valence-electron chi connectivity index (χ3n) is 2.56. The maximum absolute atomic E-state index is 11.7. The predicted octanol–water partition coefficient (Wildman–Crippen LogP) is 2.13. The second kappa shape index (κ2) is 2.61. The predicted molar refractivity (Wildman–Crippen MR) is 52.7 cm³/mol. The molecule has 0 atom stereocenters. The topological polar surface area (TPSA) is 42.1 Å². The van der Waals surface area contributed by atoms with Crippen LogP contribution >= 0.6 is 0 Å². The minimum atomic E-state index is 0.177. The van der Waals surface area contributed by atoms with Crippen molar-refractivity contribution in [1.82, 2.24) is 4.98 Å². The molecule has 3 rings (SSSR count).